The summed E-state index contributed by atoms with van der Waals surface area (Å²) in [5.74, 6) is 3.81. The highest BCUT2D eigenvalue weighted by Gasteiger charge is 2.50. The SMILES string of the molecule is c1ccc(N(c2ccccc2)c2cc3c4c(n2)N(c2ccccc2)c2cc5c(cc2B4c2ccccc2N3c2ccccc2)B2c3ccccc3N(c3ccccc3)c3nc(N(c4ccccc4)c4ccccc4)nc(c32)N5c2ccccc2)cc1. The van der Waals surface area contributed by atoms with Gasteiger partial charge in [-0.15, -0.1) is 0 Å². The van der Waals surface area contributed by atoms with E-state index in [0.717, 1.165) is 114 Å². The van der Waals surface area contributed by atoms with E-state index < -0.39 is 0 Å². The highest BCUT2D eigenvalue weighted by atomic mass is 15.3. The summed E-state index contributed by atoms with van der Waals surface area (Å²) < 4.78 is 0. The molecule has 11 aromatic carbocycles. The van der Waals surface area contributed by atoms with Crippen LogP contribution < -0.4 is 62.2 Å². The monoisotopic (exact) mass is 1100 g/mol. The number of para-hydroxylation sites is 10. The average Bonchev–Trinajstić information content (AvgIpc) is 0.707. The van der Waals surface area contributed by atoms with E-state index in [9.17, 15) is 0 Å². The molecule has 0 spiro atoms. The minimum Gasteiger partial charge on any atom is -0.311 e. The maximum Gasteiger partial charge on any atom is 0.256 e. The van der Waals surface area contributed by atoms with E-state index >= 15 is 0 Å². The van der Waals surface area contributed by atoms with Gasteiger partial charge >= 0.3 is 0 Å². The molecule has 4 aliphatic rings. The number of hydrogen-bond acceptors (Lipinski definition) is 9. The van der Waals surface area contributed by atoms with Crippen LogP contribution in [-0.2, 0) is 0 Å². The van der Waals surface area contributed by atoms with Crippen molar-refractivity contribution in [2.45, 2.75) is 0 Å². The molecule has 0 unspecified atom stereocenters. The van der Waals surface area contributed by atoms with Crippen molar-refractivity contribution in [2.75, 3.05) is 29.4 Å². The molecule has 17 rings (SSSR count). The molecule has 0 radical (unpaired) electrons. The van der Waals surface area contributed by atoms with Crippen molar-refractivity contribution in [3.8, 4) is 0 Å². The van der Waals surface area contributed by atoms with Crippen LogP contribution in [0.3, 0.4) is 0 Å². The van der Waals surface area contributed by atoms with Gasteiger partial charge in [0, 0.05) is 85.5 Å². The van der Waals surface area contributed by atoms with Crippen LogP contribution in [0.15, 0.2) is 309 Å². The summed E-state index contributed by atoms with van der Waals surface area (Å²) in [6.45, 7) is -0.529. The normalized spacial score (nSPS) is 13.0. The zero-order valence-corrected chi connectivity index (χ0v) is 46.6. The summed E-state index contributed by atoms with van der Waals surface area (Å²) in [5.41, 5.74) is 20.1. The largest absolute Gasteiger partial charge is 0.311 e. The van der Waals surface area contributed by atoms with Gasteiger partial charge in [0.25, 0.3) is 13.4 Å². The Kier molecular flexibility index (Phi) is 11.5. The van der Waals surface area contributed by atoms with Crippen molar-refractivity contribution >= 4 is 149 Å². The summed E-state index contributed by atoms with van der Waals surface area (Å²) in [7, 11) is 0. The van der Waals surface area contributed by atoms with Crippen molar-refractivity contribution < 1.29 is 0 Å². The van der Waals surface area contributed by atoms with Gasteiger partial charge in [0.15, 0.2) is 0 Å². The molecule has 0 fully saturated rings. The van der Waals surface area contributed by atoms with Crippen molar-refractivity contribution in [3.63, 3.8) is 0 Å². The molecule has 86 heavy (non-hydrogen) atoms. The Bertz CT molecular complexity index is 4310. The third kappa shape index (κ3) is 7.78. The van der Waals surface area contributed by atoms with E-state index in [1.807, 2.05) is 0 Å². The van der Waals surface area contributed by atoms with Gasteiger partial charge in [-0.25, -0.2) is 4.98 Å². The molecule has 2 aromatic heterocycles. The van der Waals surface area contributed by atoms with Crippen LogP contribution in [0.1, 0.15) is 0 Å². The topological polar surface area (TPSA) is 58.1 Å². The predicted octanol–water partition coefficient (Wildman–Crippen LogP) is 15.0. The lowest BCUT2D eigenvalue weighted by molar-refractivity contribution is 1.04. The van der Waals surface area contributed by atoms with Crippen molar-refractivity contribution in [1.82, 2.24) is 15.0 Å². The van der Waals surface area contributed by atoms with Crippen molar-refractivity contribution in [3.05, 3.63) is 309 Å². The highest BCUT2D eigenvalue weighted by Crippen LogP contribution is 2.50. The Morgan fingerprint density at radius 1 is 0.244 bits per heavy atom. The smallest absolute Gasteiger partial charge is 0.256 e. The number of nitrogens with zero attached hydrogens (tertiary/aromatic N) is 9. The van der Waals surface area contributed by atoms with Crippen LogP contribution in [0.25, 0.3) is 0 Å². The lowest BCUT2D eigenvalue weighted by atomic mass is 9.30. The lowest BCUT2D eigenvalue weighted by Crippen LogP contribution is -2.65. The van der Waals surface area contributed by atoms with E-state index in [1.54, 1.807) is 0 Å². The fraction of sp³-hybridized carbons (Fsp3) is 0. The Labute approximate surface area is 500 Å². The Balaban J connectivity index is 0.995. The molecule has 0 atom stereocenters. The fourth-order valence-electron chi connectivity index (χ4n) is 13.6. The lowest BCUT2D eigenvalue weighted by Gasteiger charge is -2.46. The van der Waals surface area contributed by atoms with E-state index in [-0.39, 0.29) is 13.4 Å². The second-order valence-corrected chi connectivity index (χ2v) is 22.0. The van der Waals surface area contributed by atoms with Gasteiger partial charge in [-0.2, -0.15) is 9.97 Å². The quantitative estimate of drug-likeness (QED) is 0.125. The van der Waals surface area contributed by atoms with Crippen LogP contribution in [0.5, 0.6) is 0 Å². The molecule has 6 heterocycles. The molecule has 0 saturated heterocycles. The van der Waals surface area contributed by atoms with Gasteiger partial charge in [0.2, 0.25) is 5.95 Å². The Morgan fingerprint density at radius 3 is 1.00 bits per heavy atom. The first kappa shape index (κ1) is 49.2. The summed E-state index contributed by atoms with van der Waals surface area (Å²) in [6.07, 6.45) is 0. The van der Waals surface area contributed by atoms with E-state index in [4.69, 9.17) is 15.0 Å². The molecule has 0 aliphatic carbocycles. The van der Waals surface area contributed by atoms with Crippen LogP contribution in [0.4, 0.5) is 103 Å². The summed E-state index contributed by atoms with van der Waals surface area (Å²) >= 11 is 0. The molecule has 402 valence electrons. The summed E-state index contributed by atoms with van der Waals surface area (Å²) in [4.78, 5) is 31.9. The molecule has 11 heteroatoms. The first-order chi connectivity index (χ1) is 42.7. The number of pyridine rings is 1. The maximum atomic E-state index is 6.03. The van der Waals surface area contributed by atoms with Crippen molar-refractivity contribution in [1.29, 1.82) is 0 Å². The van der Waals surface area contributed by atoms with E-state index in [0.29, 0.717) is 5.95 Å². The number of hydrogen-bond donors (Lipinski definition) is 0. The standard InChI is InChI=1S/C75H51B2N9/c1-9-29-52(30-10-1)81(53-31-11-2-12-32-53)69-51-68-70-72(78-69)85(58-41-21-7-22-42-58)66-50-67-63(49-62(66)76(70)60-45-25-27-47-64(60)83(68)56-37-17-5-18-38-56)77-61-46-26-28-48-65(61)84(57-39-19-6-20-40-57)73-71(77)74(86(67)59-43-23-8-24-44-59)80-75(79-73)82(54-33-13-3-14-34-54)55-35-15-4-16-36-55/h1-51H. The van der Waals surface area contributed by atoms with Crippen LogP contribution >= 0.6 is 0 Å². The van der Waals surface area contributed by atoms with Gasteiger partial charge in [-0.3, -0.25) is 24.5 Å². The zero-order valence-electron chi connectivity index (χ0n) is 46.6. The first-order valence-corrected chi connectivity index (χ1v) is 29.3. The number of anilines is 18. The van der Waals surface area contributed by atoms with Gasteiger partial charge in [0.1, 0.15) is 23.3 Å². The van der Waals surface area contributed by atoms with Crippen LogP contribution in [0.2, 0.25) is 0 Å². The van der Waals surface area contributed by atoms with Crippen LogP contribution in [-0.4, -0.2) is 28.4 Å². The third-order valence-corrected chi connectivity index (χ3v) is 17.2. The molecular weight excluding hydrogens is 1050 g/mol. The fourth-order valence-corrected chi connectivity index (χ4v) is 13.6. The number of benzene rings is 11. The number of fused-ring (bicyclic) bond motifs is 8. The van der Waals surface area contributed by atoms with Gasteiger partial charge < -0.3 is 4.90 Å². The second kappa shape index (κ2) is 20.2. The highest BCUT2D eigenvalue weighted by molar-refractivity contribution is 7.03. The van der Waals surface area contributed by atoms with Gasteiger partial charge in [-0.05, 0) is 143 Å². The van der Waals surface area contributed by atoms with Gasteiger partial charge in [0.05, 0.1) is 0 Å². The number of aromatic nitrogens is 3. The molecule has 0 amide bonds. The molecule has 0 saturated carbocycles. The zero-order chi connectivity index (χ0) is 56.7. The summed E-state index contributed by atoms with van der Waals surface area (Å²) in [6, 6.07) is 110. The van der Waals surface area contributed by atoms with Crippen molar-refractivity contribution in [2.24, 2.45) is 0 Å². The van der Waals surface area contributed by atoms with E-state index in [1.165, 1.54) is 16.4 Å². The molecule has 4 aliphatic heterocycles. The second-order valence-electron chi connectivity index (χ2n) is 22.0. The van der Waals surface area contributed by atoms with Gasteiger partial charge in [-0.1, -0.05) is 188 Å². The molecule has 0 N–H and O–H groups in total. The minimum absolute atomic E-state index is 0.241. The maximum absolute atomic E-state index is 6.03. The van der Waals surface area contributed by atoms with E-state index in [2.05, 4.69) is 339 Å². The van der Waals surface area contributed by atoms with Crippen LogP contribution in [0, 0.1) is 0 Å². The summed E-state index contributed by atoms with van der Waals surface area (Å²) in [5, 5.41) is 0. The average molecular weight is 1100 g/mol. The molecular formula is C75H51B2N9. The molecule has 9 nitrogen and oxygen atoms in total. The molecule has 13 aromatic rings. The number of rotatable bonds is 10. The predicted molar refractivity (Wildman–Crippen MR) is 357 cm³/mol. The Morgan fingerprint density at radius 2 is 0.570 bits per heavy atom. The Hall–Kier alpha value is -11.4. The molecule has 0 bridgehead atoms. The third-order valence-electron chi connectivity index (χ3n) is 17.2. The minimum atomic E-state index is -0.288. The first-order valence-electron chi connectivity index (χ1n) is 29.3.